The predicted molar refractivity (Wildman–Crippen MR) is 84.7 cm³/mol. The van der Waals surface area contributed by atoms with Gasteiger partial charge in [0.05, 0.1) is 19.4 Å². The molecule has 6 nitrogen and oxygen atoms in total. The maximum absolute atomic E-state index is 12.0. The Balaban J connectivity index is 2.29. The molecule has 0 saturated carbocycles. The minimum Gasteiger partial charge on any atom is -0.497 e. The lowest BCUT2D eigenvalue weighted by Gasteiger charge is -2.12. The van der Waals surface area contributed by atoms with Gasteiger partial charge in [0.1, 0.15) is 11.4 Å². The molecule has 0 aliphatic carbocycles. The number of hydrogen-bond donors (Lipinski definition) is 1. The van der Waals surface area contributed by atoms with Crippen molar-refractivity contribution >= 4 is 0 Å². The van der Waals surface area contributed by atoms with Gasteiger partial charge in [-0.2, -0.15) is 5.10 Å². The van der Waals surface area contributed by atoms with Crippen LogP contribution in [-0.4, -0.2) is 37.2 Å². The van der Waals surface area contributed by atoms with Crippen LogP contribution in [0.4, 0.5) is 0 Å². The second-order valence-corrected chi connectivity index (χ2v) is 4.88. The van der Waals surface area contributed by atoms with Crippen molar-refractivity contribution in [3.63, 3.8) is 0 Å². The first-order valence-corrected chi connectivity index (χ1v) is 7.09. The molecule has 22 heavy (non-hydrogen) atoms. The Kier molecular flexibility index (Phi) is 5.68. The lowest BCUT2D eigenvalue weighted by Crippen LogP contribution is -2.26. The maximum Gasteiger partial charge on any atom is 0.204 e. The third kappa shape index (κ3) is 3.93. The van der Waals surface area contributed by atoms with Gasteiger partial charge in [-0.3, -0.25) is 4.79 Å². The number of nitrogens with one attached hydrogen (secondary N) is 1. The SMILES string of the molecule is COCCNCc1nn(-c2cccc(OC)c2)c(C)cc1=O. The van der Waals surface area contributed by atoms with Gasteiger partial charge in [-0.15, -0.1) is 0 Å². The molecule has 118 valence electrons. The number of benzene rings is 1. The highest BCUT2D eigenvalue weighted by molar-refractivity contribution is 5.39. The molecule has 0 bridgehead atoms. The molecule has 6 heteroatoms. The molecule has 0 aliphatic rings. The summed E-state index contributed by atoms with van der Waals surface area (Å²) in [5, 5.41) is 7.60. The van der Waals surface area contributed by atoms with Gasteiger partial charge in [-0.25, -0.2) is 4.68 Å². The summed E-state index contributed by atoms with van der Waals surface area (Å²) in [6, 6.07) is 9.17. The van der Waals surface area contributed by atoms with Gasteiger partial charge >= 0.3 is 0 Å². The first-order chi connectivity index (χ1) is 10.7. The van der Waals surface area contributed by atoms with Crippen molar-refractivity contribution in [2.24, 2.45) is 0 Å². The highest BCUT2D eigenvalue weighted by atomic mass is 16.5. The molecule has 0 aliphatic heterocycles. The molecule has 0 radical (unpaired) electrons. The summed E-state index contributed by atoms with van der Waals surface area (Å²) >= 11 is 0. The average molecular weight is 303 g/mol. The molecule has 0 saturated heterocycles. The first kappa shape index (κ1) is 16.2. The fourth-order valence-corrected chi connectivity index (χ4v) is 2.09. The van der Waals surface area contributed by atoms with E-state index in [2.05, 4.69) is 10.4 Å². The van der Waals surface area contributed by atoms with Crippen LogP contribution >= 0.6 is 0 Å². The molecule has 1 aromatic heterocycles. The zero-order valence-corrected chi connectivity index (χ0v) is 13.1. The largest absolute Gasteiger partial charge is 0.497 e. The Morgan fingerprint density at radius 2 is 2.09 bits per heavy atom. The zero-order chi connectivity index (χ0) is 15.9. The summed E-state index contributed by atoms with van der Waals surface area (Å²) in [6.07, 6.45) is 0. The predicted octanol–water partition coefficient (Wildman–Crippen LogP) is 1.29. The Hall–Kier alpha value is -2.18. The molecule has 0 spiro atoms. The third-order valence-electron chi connectivity index (χ3n) is 3.25. The average Bonchev–Trinajstić information content (AvgIpc) is 2.53. The molecule has 2 aromatic rings. The zero-order valence-electron chi connectivity index (χ0n) is 13.1. The van der Waals surface area contributed by atoms with Crippen LogP contribution in [0.25, 0.3) is 5.69 Å². The van der Waals surface area contributed by atoms with Crippen molar-refractivity contribution in [3.8, 4) is 11.4 Å². The molecule has 1 N–H and O–H groups in total. The molecular formula is C16H21N3O3. The van der Waals surface area contributed by atoms with Crippen LogP contribution in [0.1, 0.15) is 11.4 Å². The summed E-state index contributed by atoms with van der Waals surface area (Å²) < 4.78 is 11.9. The van der Waals surface area contributed by atoms with Crippen LogP contribution in [-0.2, 0) is 11.3 Å². The number of methoxy groups -OCH3 is 2. The summed E-state index contributed by atoms with van der Waals surface area (Å²) in [6.45, 7) is 3.53. The highest BCUT2D eigenvalue weighted by Crippen LogP contribution is 2.16. The number of ether oxygens (including phenoxy) is 2. The fourth-order valence-electron chi connectivity index (χ4n) is 2.09. The lowest BCUT2D eigenvalue weighted by molar-refractivity contribution is 0.199. The molecule has 0 atom stereocenters. The van der Waals surface area contributed by atoms with Gasteiger partial charge in [0.2, 0.25) is 5.43 Å². The van der Waals surface area contributed by atoms with Gasteiger partial charge < -0.3 is 14.8 Å². The lowest BCUT2D eigenvalue weighted by atomic mass is 10.2. The smallest absolute Gasteiger partial charge is 0.204 e. The monoisotopic (exact) mass is 303 g/mol. The van der Waals surface area contributed by atoms with E-state index in [-0.39, 0.29) is 5.43 Å². The van der Waals surface area contributed by atoms with Crippen LogP contribution < -0.4 is 15.5 Å². The quantitative estimate of drug-likeness (QED) is 0.781. The van der Waals surface area contributed by atoms with E-state index in [0.717, 1.165) is 17.1 Å². The first-order valence-electron chi connectivity index (χ1n) is 7.09. The van der Waals surface area contributed by atoms with E-state index in [4.69, 9.17) is 9.47 Å². The summed E-state index contributed by atoms with van der Waals surface area (Å²) in [5.74, 6) is 0.747. The Morgan fingerprint density at radius 1 is 1.27 bits per heavy atom. The van der Waals surface area contributed by atoms with Crippen molar-refractivity contribution in [2.45, 2.75) is 13.5 Å². The molecule has 0 unspecified atom stereocenters. The van der Waals surface area contributed by atoms with E-state index in [1.165, 1.54) is 0 Å². The topological polar surface area (TPSA) is 65.4 Å². The van der Waals surface area contributed by atoms with E-state index in [0.29, 0.717) is 25.4 Å². The van der Waals surface area contributed by atoms with Crippen molar-refractivity contribution in [1.29, 1.82) is 0 Å². The minimum absolute atomic E-state index is 0.0680. The molecule has 1 aromatic carbocycles. The van der Waals surface area contributed by atoms with Crippen molar-refractivity contribution in [3.05, 3.63) is 51.9 Å². The molecular weight excluding hydrogens is 282 g/mol. The Morgan fingerprint density at radius 3 is 2.82 bits per heavy atom. The standard InChI is InChI=1S/C16H21N3O3/c1-12-9-16(20)15(11-17-7-8-21-2)18-19(12)13-5-4-6-14(10-13)22-3/h4-6,9-10,17H,7-8,11H2,1-3H3. The number of rotatable bonds is 7. The van der Waals surface area contributed by atoms with Crippen molar-refractivity contribution in [1.82, 2.24) is 15.1 Å². The van der Waals surface area contributed by atoms with E-state index >= 15 is 0 Å². The molecule has 1 heterocycles. The van der Waals surface area contributed by atoms with Crippen molar-refractivity contribution in [2.75, 3.05) is 27.4 Å². The minimum atomic E-state index is -0.0680. The van der Waals surface area contributed by atoms with Gasteiger partial charge in [0.25, 0.3) is 0 Å². The normalized spacial score (nSPS) is 10.7. The number of aryl methyl sites for hydroxylation is 1. The number of aromatic nitrogens is 2. The second-order valence-electron chi connectivity index (χ2n) is 4.88. The fraction of sp³-hybridized carbons (Fsp3) is 0.375. The molecule has 0 fully saturated rings. The summed E-state index contributed by atoms with van der Waals surface area (Å²) in [5.41, 5.74) is 2.04. The van der Waals surface area contributed by atoms with Gasteiger partial charge in [0.15, 0.2) is 0 Å². The maximum atomic E-state index is 12.0. The number of hydrogen-bond acceptors (Lipinski definition) is 5. The van der Waals surface area contributed by atoms with Gasteiger partial charge in [-0.05, 0) is 19.1 Å². The number of nitrogens with zero attached hydrogens (tertiary/aromatic N) is 2. The van der Waals surface area contributed by atoms with Gasteiger partial charge in [-0.1, -0.05) is 6.07 Å². The summed E-state index contributed by atoms with van der Waals surface area (Å²) in [7, 11) is 3.26. The highest BCUT2D eigenvalue weighted by Gasteiger charge is 2.08. The molecule has 0 amide bonds. The van der Waals surface area contributed by atoms with Crippen LogP contribution in [0.2, 0.25) is 0 Å². The van der Waals surface area contributed by atoms with Gasteiger partial charge in [0, 0.05) is 38.0 Å². The van der Waals surface area contributed by atoms with E-state index < -0.39 is 0 Å². The Labute approximate surface area is 129 Å². The van der Waals surface area contributed by atoms with Crippen molar-refractivity contribution < 1.29 is 9.47 Å². The second kappa shape index (κ2) is 7.72. The van der Waals surface area contributed by atoms with E-state index in [1.807, 2.05) is 31.2 Å². The summed E-state index contributed by atoms with van der Waals surface area (Å²) in [4.78, 5) is 12.0. The third-order valence-corrected chi connectivity index (χ3v) is 3.25. The van der Waals surface area contributed by atoms with Crippen LogP contribution in [0, 0.1) is 6.92 Å². The van der Waals surface area contributed by atoms with Crippen LogP contribution in [0.5, 0.6) is 5.75 Å². The van der Waals surface area contributed by atoms with Crippen LogP contribution in [0.3, 0.4) is 0 Å². The van der Waals surface area contributed by atoms with E-state index in [1.54, 1.807) is 25.0 Å². The van der Waals surface area contributed by atoms with Crippen LogP contribution in [0.15, 0.2) is 35.1 Å². The Bertz CT molecular complexity index is 683. The molecule has 2 rings (SSSR count). The van der Waals surface area contributed by atoms with E-state index in [9.17, 15) is 4.79 Å².